The molecule has 1 heterocycles. The Balaban J connectivity index is 1.32. The van der Waals surface area contributed by atoms with Crippen LogP contribution >= 0.6 is 0 Å². The molecule has 0 unspecified atom stereocenters. The van der Waals surface area contributed by atoms with Crippen LogP contribution in [-0.4, -0.2) is 22.8 Å². The lowest BCUT2D eigenvalue weighted by Crippen LogP contribution is -2.38. The predicted molar refractivity (Wildman–Crippen MR) is 129 cm³/mol. The standard InChI is InChI=1S/C29H28FNO3/c1-29(2,20-10-14-22(30)15-11-20)21-12-16-24(17-13-21)34-18-19-6-5-9-25-26(19)28(33)31(27(25)32)23-7-3-4-8-23/h5-6,9-17,23H,3-4,7-8,18H2,1-2H3. The average molecular weight is 458 g/mol. The number of ether oxygens (including phenoxy) is 1. The molecule has 0 bridgehead atoms. The SMILES string of the molecule is CC(C)(c1ccc(F)cc1)c1ccc(OCc2cccc3c2C(=O)N(C2CCCC2)C3=O)cc1. The zero-order valence-corrected chi connectivity index (χ0v) is 19.5. The zero-order valence-electron chi connectivity index (χ0n) is 19.5. The Morgan fingerprint density at radius 1 is 0.882 bits per heavy atom. The van der Waals surface area contributed by atoms with E-state index < -0.39 is 0 Å². The lowest BCUT2D eigenvalue weighted by molar-refractivity contribution is 0.0587. The first kappa shape index (κ1) is 22.3. The molecule has 1 saturated carbocycles. The van der Waals surface area contributed by atoms with Gasteiger partial charge < -0.3 is 4.74 Å². The van der Waals surface area contributed by atoms with Crippen LogP contribution in [-0.2, 0) is 12.0 Å². The second-order valence-corrected chi connectivity index (χ2v) is 9.70. The molecule has 0 saturated heterocycles. The van der Waals surface area contributed by atoms with Crippen molar-refractivity contribution in [2.24, 2.45) is 0 Å². The molecule has 2 amide bonds. The van der Waals surface area contributed by atoms with E-state index in [-0.39, 0.29) is 35.7 Å². The van der Waals surface area contributed by atoms with E-state index in [0.717, 1.165) is 42.4 Å². The minimum Gasteiger partial charge on any atom is -0.489 e. The first-order valence-electron chi connectivity index (χ1n) is 11.9. The Morgan fingerprint density at radius 3 is 2.15 bits per heavy atom. The van der Waals surface area contributed by atoms with E-state index in [1.807, 2.05) is 48.5 Å². The van der Waals surface area contributed by atoms with Gasteiger partial charge in [0.05, 0.1) is 11.1 Å². The molecule has 0 spiro atoms. The number of fused-ring (bicyclic) bond motifs is 1. The van der Waals surface area contributed by atoms with Crippen LogP contribution in [0.1, 0.15) is 76.9 Å². The van der Waals surface area contributed by atoms with E-state index in [9.17, 15) is 14.0 Å². The lowest BCUT2D eigenvalue weighted by Gasteiger charge is -2.26. The molecule has 3 aromatic carbocycles. The summed E-state index contributed by atoms with van der Waals surface area (Å²) in [6.45, 7) is 4.41. The van der Waals surface area contributed by atoms with Gasteiger partial charge in [0, 0.05) is 17.0 Å². The van der Waals surface area contributed by atoms with Gasteiger partial charge in [-0.25, -0.2) is 4.39 Å². The summed E-state index contributed by atoms with van der Waals surface area (Å²) >= 11 is 0. The first-order chi connectivity index (χ1) is 16.4. The smallest absolute Gasteiger partial charge is 0.262 e. The summed E-state index contributed by atoms with van der Waals surface area (Å²) in [7, 11) is 0. The summed E-state index contributed by atoms with van der Waals surface area (Å²) in [4.78, 5) is 27.6. The van der Waals surface area contributed by atoms with Crippen LogP contribution < -0.4 is 4.74 Å². The number of benzene rings is 3. The van der Waals surface area contributed by atoms with Gasteiger partial charge in [-0.3, -0.25) is 14.5 Å². The van der Waals surface area contributed by atoms with Crippen LogP contribution in [0.2, 0.25) is 0 Å². The maximum atomic E-state index is 13.3. The third kappa shape index (κ3) is 3.89. The van der Waals surface area contributed by atoms with Crippen LogP contribution in [0.5, 0.6) is 5.75 Å². The zero-order chi connectivity index (χ0) is 23.9. The van der Waals surface area contributed by atoms with Gasteiger partial charge >= 0.3 is 0 Å². The van der Waals surface area contributed by atoms with Crippen molar-refractivity contribution in [1.82, 2.24) is 4.90 Å². The summed E-state index contributed by atoms with van der Waals surface area (Å²) in [5.41, 5.74) is 3.51. The fourth-order valence-electron chi connectivity index (χ4n) is 5.15. The van der Waals surface area contributed by atoms with Gasteiger partial charge in [-0.15, -0.1) is 0 Å². The number of amides is 2. The van der Waals surface area contributed by atoms with Crippen LogP contribution in [0.25, 0.3) is 0 Å². The number of carbonyl (C=O) groups is 2. The summed E-state index contributed by atoms with van der Waals surface area (Å²) in [5.74, 6) is 0.0616. The molecule has 3 aromatic rings. The van der Waals surface area contributed by atoms with E-state index in [0.29, 0.717) is 16.9 Å². The summed E-state index contributed by atoms with van der Waals surface area (Å²) in [6, 6.07) is 19.8. The topological polar surface area (TPSA) is 46.6 Å². The number of imide groups is 1. The molecule has 0 radical (unpaired) electrons. The van der Waals surface area contributed by atoms with Crippen molar-refractivity contribution in [3.63, 3.8) is 0 Å². The number of rotatable bonds is 6. The average Bonchev–Trinajstić information content (AvgIpc) is 3.45. The number of nitrogens with zero attached hydrogens (tertiary/aromatic N) is 1. The molecule has 5 rings (SSSR count). The van der Waals surface area contributed by atoms with E-state index in [1.54, 1.807) is 6.07 Å². The van der Waals surface area contributed by atoms with E-state index in [4.69, 9.17) is 4.74 Å². The number of hydrogen-bond donors (Lipinski definition) is 0. The van der Waals surface area contributed by atoms with Gasteiger partial charge in [-0.05, 0) is 54.3 Å². The molecule has 5 heteroatoms. The molecule has 1 aliphatic heterocycles. The highest BCUT2D eigenvalue weighted by atomic mass is 19.1. The molecule has 2 aliphatic rings. The van der Waals surface area contributed by atoms with Gasteiger partial charge in [0.15, 0.2) is 0 Å². The van der Waals surface area contributed by atoms with Crippen molar-refractivity contribution in [2.45, 2.75) is 57.6 Å². The predicted octanol–water partition coefficient (Wildman–Crippen LogP) is 6.27. The molecule has 0 N–H and O–H groups in total. The molecule has 34 heavy (non-hydrogen) atoms. The van der Waals surface area contributed by atoms with Crippen molar-refractivity contribution in [1.29, 1.82) is 0 Å². The summed E-state index contributed by atoms with van der Waals surface area (Å²) < 4.78 is 19.3. The minimum absolute atomic E-state index is 0.0122. The minimum atomic E-state index is -0.289. The van der Waals surface area contributed by atoms with Gasteiger partial charge in [0.25, 0.3) is 11.8 Å². The first-order valence-corrected chi connectivity index (χ1v) is 11.9. The van der Waals surface area contributed by atoms with Crippen molar-refractivity contribution in [3.8, 4) is 5.75 Å². The molecule has 0 aromatic heterocycles. The van der Waals surface area contributed by atoms with Crippen LogP contribution in [0.3, 0.4) is 0 Å². The van der Waals surface area contributed by atoms with Gasteiger partial charge in [-0.1, -0.05) is 63.1 Å². The lowest BCUT2D eigenvalue weighted by atomic mass is 9.78. The number of hydrogen-bond acceptors (Lipinski definition) is 3. The van der Waals surface area contributed by atoms with Gasteiger partial charge in [0.1, 0.15) is 18.2 Å². The fourth-order valence-corrected chi connectivity index (χ4v) is 5.15. The molecule has 174 valence electrons. The van der Waals surface area contributed by atoms with Gasteiger partial charge in [-0.2, -0.15) is 0 Å². The Hall–Kier alpha value is -3.47. The second-order valence-electron chi connectivity index (χ2n) is 9.70. The Kier molecular flexibility index (Phi) is 5.72. The molecule has 1 fully saturated rings. The second kappa shape index (κ2) is 8.71. The fraction of sp³-hybridized carbons (Fsp3) is 0.310. The highest BCUT2D eigenvalue weighted by Crippen LogP contribution is 2.35. The van der Waals surface area contributed by atoms with E-state index in [2.05, 4.69) is 13.8 Å². The molecular weight excluding hydrogens is 429 g/mol. The van der Waals surface area contributed by atoms with Crippen molar-refractivity contribution in [3.05, 3.63) is 100 Å². The largest absolute Gasteiger partial charge is 0.489 e. The molecule has 1 aliphatic carbocycles. The summed E-state index contributed by atoms with van der Waals surface area (Å²) in [5, 5.41) is 0. The number of carbonyl (C=O) groups excluding carboxylic acids is 2. The van der Waals surface area contributed by atoms with Crippen molar-refractivity contribution in [2.75, 3.05) is 0 Å². The molecule has 4 nitrogen and oxygen atoms in total. The van der Waals surface area contributed by atoms with Crippen molar-refractivity contribution >= 4 is 11.8 Å². The highest BCUT2D eigenvalue weighted by molar-refractivity contribution is 6.22. The third-order valence-corrected chi connectivity index (χ3v) is 7.26. The van der Waals surface area contributed by atoms with E-state index >= 15 is 0 Å². The van der Waals surface area contributed by atoms with Crippen LogP contribution in [0.15, 0.2) is 66.7 Å². The maximum absolute atomic E-state index is 13.3. The third-order valence-electron chi connectivity index (χ3n) is 7.26. The van der Waals surface area contributed by atoms with Crippen LogP contribution in [0.4, 0.5) is 4.39 Å². The Bertz CT molecular complexity index is 1230. The van der Waals surface area contributed by atoms with Crippen molar-refractivity contribution < 1.29 is 18.7 Å². The maximum Gasteiger partial charge on any atom is 0.262 e. The number of halogens is 1. The molecular formula is C29H28FNO3. The highest BCUT2D eigenvalue weighted by Gasteiger charge is 2.42. The monoisotopic (exact) mass is 457 g/mol. The molecule has 0 atom stereocenters. The summed E-state index contributed by atoms with van der Waals surface area (Å²) in [6.07, 6.45) is 3.89. The van der Waals surface area contributed by atoms with Gasteiger partial charge in [0.2, 0.25) is 0 Å². The normalized spacial score (nSPS) is 16.3. The van der Waals surface area contributed by atoms with Crippen LogP contribution in [0, 0.1) is 5.82 Å². The van der Waals surface area contributed by atoms with E-state index in [1.165, 1.54) is 17.0 Å². The quantitative estimate of drug-likeness (QED) is 0.410. The Morgan fingerprint density at radius 2 is 1.50 bits per heavy atom. The Labute approximate surface area is 199 Å².